The van der Waals surface area contributed by atoms with Gasteiger partial charge in [0.05, 0.1) is 0 Å². The molecule has 138 valence electrons. The van der Waals surface area contributed by atoms with Crippen molar-refractivity contribution in [3.8, 4) is 0 Å². The number of piperidine rings is 1. The third-order valence-corrected chi connectivity index (χ3v) is 5.17. The fraction of sp³-hybridized carbons (Fsp3) is 0.409. The van der Waals surface area contributed by atoms with Crippen LogP contribution in [0.3, 0.4) is 0 Å². The fourth-order valence-electron chi connectivity index (χ4n) is 3.78. The third kappa shape index (κ3) is 4.25. The second-order valence-corrected chi connectivity index (χ2v) is 7.54. The Morgan fingerprint density at radius 2 is 1.77 bits per heavy atom. The number of hydrogen-bond donors (Lipinski definition) is 1. The summed E-state index contributed by atoms with van der Waals surface area (Å²) in [4.78, 5) is 17.1. The Morgan fingerprint density at radius 3 is 2.38 bits per heavy atom. The number of nitrogens with one attached hydrogen (secondary N) is 1. The van der Waals surface area contributed by atoms with Crippen molar-refractivity contribution in [1.82, 2.24) is 9.80 Å². The zero-order chi connectivity index (χ0) is 18.6. The molecule has 0 spiro atoms. The van der Waals surface area contributed by atoms with Gasteiger partial charge in [-0.15, -0.1) is 0 Å². The number of rotatable bonds is 5. The summed E-state index contributed by atoms with van der Waals surface area (Å²) in [5.74, 6) is 0.163. The molecule has 3 rings (SSSR count). The molecule has 2 aromatic rings. The molecule has 1 heterocycles. The van der Waals surface area contributed by atoms with Gasteiger partial charge in [0.1, 0.15) is 5.54 Å². The number of likely N-dealkylation sites (tertiary alicyclic amines) is 1. The van der Waals surface area contributed by atoms with Crippen LogP contribution in [0, 0.1) is 6.92 Å². The first-order chi connectivity index (χ1) is 12.5. The molecule has 4 nitrogen and oxygen atoms in total. The van der Waals surface area contributed by atoms with Gasteiger partial charge < -0.3 is 10.2 Å². The summed E-state index contributed by atoms with van der Waals surface area (Å²) in [5.41, 5.74) is 3.12. The largest absolute Gasteiger partial charge is 0.371 e. The molecule has 1 aliphatic heterocycles. The van der Waals surface area contributed by atoms with E-state index in [-0.39, 0.29) is 5.91 Å². The van der Waals surface area contributed by atoms with E-state index in [0.717, 1.165) is 38.2 Å². The van der Waals surface area contributed by atoms with Gasteiger partial charge in [-0.3, -0.25) is 9.69 Å². The summed E-state index contributed by atoms with van der Waals surface area (Å²) in [6.45, 7) is 4.89. The summed E-state index contributed by atoms with van der Waals surface area (Å²) in [6.07, 6.45) is 1.62. The van der Waals surface area contributed by atoms with E-state index in [2.05, 4.69) is 41.4 Å². The summed E-state index contributed by atoms with van der Waals surface area (Å²) in [5, 5.41) is 3.55. The Morgan fingerprint density at radius 1 is 1.08 bits per heavy atom. The van der Waals surface area contributed by atoms with Crippen LogP contribution in [0.4, 0.5) is 5.69 Å². The molecule has 0 aromatic heterocycles. The highest BCUT2D eigenvalue weighted by atomic mass is 16.2. The molecular formula is C22H29N3O. The van der Waals surface area contributed by atoms with Gasteiger partial charge in [0.2, 0.25) is 5.91 Å². The van der Waals surface area contributed by atoms with Crippen LogP contribution in [0.2, 0.25) is 0 Å². The Balaban J connectivity index is 1.71. The number of nitrogens with zero attached hydrogens (tertiary/aromatic N) is 2. The average molecular weight is 351 g/mol. The lowest BCUT2D eigenvalue weighted by atomic mass is 9.85. The summed E-state index contributed by atoms with van der Waals surface area (Å²) in [7, 11) is 3.69. The van der Waals surface area contributed by atoms with Crippen LogP contribution in [0.5, 0.6) is 0 Å². The number of amides is 1. The smallest absolute Gasteiger partial charge is 0.247 e. The monoisotopic (exact) mass is 351 g/mol. The van der Waals surface area contributed by atoms with Crippen LogP contribution in [0.15, 0.2) is 54.6 Å². The molecule has 1 amide bonds. The molecule has 1 fully saturated rings. The van der Waals surface area contributed by atoms with Crippen LogP contribution < -0.4 is 5.32 Å². The second-order valence-electron chi connectivity index (χ2n) is 7.54. The van der Waals surface area contributed by atoms with Gasteiger partial charge in [0.25, 0.3) is 0 Å². The second kappa shape index (κ2) is 7.92. The lowest BCUT2D eigenvalue weighted by molar-refractivity contribution is -0.135. The van der Waals surface area contributed by atoms with E-state index in [1.54, 1.807) is 4.90 Å². The van der Waals surface area contributed by atoms with Gasteiger partial charge in [-0.25, -0.2) is 0 Å². The highest BCUT2D eigenvalue weighted by Gasteiger charge is 2.42. The zero-order valence-electron chi connectivity index (χ0n) is 16.0. The Kier molecular flexibility index (Phi) is 5.62. The zero-order valence-corrected chi connectivity index (χ0v) is 16.0. The predicted molar refractivity (Wildman–Crippen MR) is 107 cm³/mol. The maximum absolute atomic E-state index is 13.0. The van der Waals surface area contributed by atoms with E-state index in [1.165, 1.54) is 11.1 Å². The molecule has 0 unspecified atom stereocenters. The maximum atomic E-state index is 13.0. The Hall–Kier alpha value is -2.33. The van der Waals surface area contributed by atoms with E-state index in [9.17, 15) is 4.79 Å². The number of carbonyl (C=O) groups is 1. The highest BCUT2D eigenvalue weighted by Crippen LogP contribution is 2.29. The van der Waals surface area contributed by atoms with Gasteiger partial charge in [-0.2, -0.15) is 0 Å². The number of anilines is 1. The van der Waals surface area contributed by atoms with Crippen LogP contribution in [0.25, 0.3) is 0 Å². The molecule has 0 saturated carbocycles. The summed E-state index contributed by atoms with van der Waals surface area (Å²) < 4.78 is 0. The van der Waals surface area contributed by atoms with E-state index >= 15 is 0 Å². The van der Waals surface area contributed by atoms with Gasteiger partial charge in [0.15, 0.2) is 0 Å². The number of para-hydroxylation sites is 1. The van der Waals surface area contributed by atoms with Crippen molar-refractivity contribution in [1.29, 1.82) is 0 Å². The molecule has 1 saturated heterocycles. The minimum Gasteiger partial charge on any atom is -0.371 e. The van der Waals surface area contributed by atoms with Crippen LogP contribution in [-0.2, 0) is 11.3 Å². The van der Waals surface area contributed by atoms with Crippen molar-refractivity contribution in [3.05, 3.63) is 65.7 Å². The van der Waals surface area contributed by atoms with Gasteiger partial charge in [-0.1, -0.05) is 48.0 Å². The molecular weight excluding hydrogens is 322 g/mol. The number of likely N-dealkylation sites (N-methyl/N-ethyl adjacent to an activating group) is 1. The molecule has 1 aliphatic rings. The number of hydrogen-bond acceptors (Lipinski definition) is 3. The topological polar surface area (TPSA) is 35.6 Å². The van der Waals surface area contributed by atoms with Crippen LogP contribution in [0.1, 0.15) is 24.0 Å². The van der Waals surface area contributed by atoms with Crippen molar-refractivity contribution in [3.63, 3.8) is 0 Å². The van der Waals surface area contributed by atoms with Gasteiger partial charge in [-0.05, 0) is 37.5 Å². The van der Waals surface area contributed by atoms with Gasteiger partial charge >= 0.3 is 0 Å². The van der Waals surface area contributed by atoms with Gasteiger partial charge in [0, 0.05) is 39.4 Å². The number of aryl methyl sites for hydroxylation is 1. The molecule has 26 heavy (non-hydrogen) atoms. The normalized spacial score (nSPS) is 16.9. The molecule has 0 atom stereocenters. The summed E-state index contributed by atoms with van der Waals surface area (Å²) in [6, 6.07) is 18.7. The number of carbonyl (C=O) groups excluding carboxylic acids is 1. The number of benzene rings is 2. The van der Waals surface area contributed by atoms with E-state index in [4.69, 9.17) is 0 Å². The first-order valence-corrected chi connectivity index (χ1v) is 9.31. The molecule has 2 aromatic carbocycles. The standard InChI is InChI=1S/C22H29N3O/c1-18-8-7-9-19(16-18)17-25-14-12-22(13-15-25,21(26)24(2)3)23-20-10-5-4-6-11-20/h4-11,16,23H,12-15,17H2,1-3H3. The van der Waals surface area contributed by atoms with Crippen molar-refractivity contribution >= 4 is 11.6 Å². The van der Waals surface area contributed by atoms with Crippen molar-refractivity contribution in [2.24, 2.45) is 0 Å². The minimum absolute atomic E-state index is 0.163. The van der Waals surface area contributed by atoms with E-state index < -0.39 is 5.54 Å². The predicted octanol–water partition coefficient (Wildman–Crippen LogP) is 3.53. The molecule has 0 bridgehead atoms. The Bertz CT molecular complexity index is 734. The maximum Gasteiger partial charge on any atom is 0.247 e. The third-order valence-electron chi connectivity index (χ3n) is 5.17. The van der Waals surface area contributed by atoms with Crippen LogP contribution in [-0.4, -0.2) is 48.4 Å². The van der Waals surface area contributed by atoms with Crippen molar-refractivity contribution in [2.45, 2.75) is 31.8 Å². The fourth-order valence-corrected chi connectivity index (χ4v) is 3.78. The lowest BCUT2D eigenvalue weighted by Crippen LogP contribution is -2.57. The van der Waals surface area contributed by atoms with E-state index in [1.807, 2.05) is 44.4 Å². The van der Waals surface area contributed by atoms with Crippen molar-refractivity contribution < 1.29 is 4.79 Å². The van der Waals surface area contributed by atoms with Crippen molar-refractivity contribution in [2.75, 3.05) is 32.5 Å². The molecule has 0 aliphatic carbocycles. The van der Waals surface area contributed by atoms with Crippen LogP contribution >= 0.6 is 0 Å². The first-order valence-electron chi connectivity index (χ1n) is 9.31. The average Bonchev–Trinajstić information content (AvgIpc) is 2.64. The van der Waals surface area contributed by atoms with E-state index in [0.29, 0.717) is 0 Å². The Labute approximate surface area is 156 Å². The summed E-state index contributed by atoms with van der Waals surface area (Å²) >= 11 is 0. The quantitative estimate of drug-likeness (QED) is 0.895. The molecule has 1 N–H and O–H groups in total. The first kappa shape index (κ1) is 18.5. The molecule has 0 radical (unpaired) electrons. The molecule has 4 heteroatoms. The SMILES string of the molecule is Cc1cccc(CN2CCC(Nc3ccccc3)(C(=O)N(C)C)CC2)c1. The highest BCUT2D eigenvalue weighted by molar-refractivity contribution is 5.89. The minimum atomic E-state index is -0.520. The lowest BCUT2D eigenvalue weighted by Gasteiger charge is -2.43.